The normalized spacial score (nSPS) is 19.8. The molecule has 3 rings (SSSR count). The fraction of sp³-hybridized carbons (Fsp3) is 0.562. The number of halogens is 1. The summed E-state index contributed by atoms with van der Waals surface area (Å²) in [7, 11) is 0. The van der Waals surface area contributed by atoms with E-state index in [0.29, 0.717) is 17.3 Å². The fourth-order valence-electron chi connectivity index (χ4n) is 2.83. The highest BCUT2D eigenvalue weighted by molar-refractivity contribution is 5.94. The van der Waals surface area contributed by atoms with E-state index in [1.54, 1.807) is 24.3 Å². The molecule has 2 aliphatic rings. The van der Waals surface area contributed by atoms with Gasteiger partial charge in [0.1, 0.15) is 0 Å². The van der Waals surface area contributed by atoms with E-state index >= 15 is 0 Å². The Morgan fingerprint density at radius 3 is 2.33 bits per heavy atom. The summed E-state index contributed by atoms with van der Waals surface area (Å²) in [5, 5.41) is 3.14. The molecule has 1 aliphatic carbocycles. The highest BCUT2D eigenvalue weighted by atomic mass is 35.5. The second kappa shape index (κ2) is 7.14. The molecule has 1 heterocycles. The van der Waals surface area contributed by atoms with Gasteiger partial charge in [-0.3, -0.25) is 4.79 Å². The van der Waals surface area contributed by atoms with Crippen LogP contribution in [0.3, 0.4) is 0 Å². The second-order valence-electron chi connectivity index (χ2n) is 6.11. The van der Waals surface area contributed by atoms with E-state index < -0.39 is 0 Å². The molecule has 1 aliphatic heterocycles. The van der Waals surface area contributed by atoms with Crippen molar-refractivity contribution in [2.45, 2.75) is 31.7 Å². The highest BCUT2D eigenvalue weighted by Crippen LogP contribution is 2.30. The van der Waals surface area contributed by atoms with Crippen molar-refractivity contribution in [3.8, 4) is 0 Å². The Hall–Kier alpha value is -1.26. The minimum absolute atomic E-state index is 0. The predicted molar refractivity (Wildman–Crippen MR) is 87.8 cm³/mol. The molecule has 0 spiro atoms. The summed E-state index contributed by atoms with van der Waals surface area (Å²) in [5.74, 6) is 0.974. The maximum Gasteiger partial charge on any atom is 0.251 e. The number of anilines is 1. The molecule has 0 aromatic heterocycles. The third-order valence-electron chi connectivity index (χ3n) is 4.31. The lowest BCUT2D eigenvalue weighted by atomic mass is 10.0. The van der Waals surface area contributed by atoms with Crippen molar-refractivity contribution >= 4 is 24.0 Å². The smallest absolute Gasteiger partial charge is 0.251 e. The van der Waals surface area contributed by atoms with Gasteiger partial charge in [-0.05, 0) is 55.9 Å². The van der Waals surface area contributed by atoms with Gasteiger partial charge >= 0.3 is 0 Å². The van der Waals surface area contributed by atoms with Crippen LogP contribution in [-0.4, -0.2) is 36.5 Å². The first-order valence-corrected chi connectivity index (χ1v) is 7.59. The van der Waals surface area contributed by atoms with Crippen LogP contribution >= 0.6 is 12.4 Å². The average molecular weight is 310 g/mol. The zero-order chi connectivity index (χ0) is 13.9. The van der Waals surface area contributed by atoms with E-state index in [2.05, 4.69) is 10.2 Å². The van der Waals surface area contributed by atoms with E-state index in [1.807, 2.05) is 0 Å². The lowest BCUT2D eigenvalue weighted by Gasteiger charge is -2.32. The Morgan fingerprint density at radius 1 is 1.14 bits per heavy atom. The molecule has 0 bridgehead atoms. The molecule has 1 aromatic rings. The monoisotopic (exact) mass is 309 g/mol. The van der Waals surface area contributed by atoms with Crippen LogP contribution in [0.4, 0.5) is 5.69 Å². The first kappa shape index (κ1) is 16.1. The number of rotatable bonds is 4. The Labute approximate surface area is 132 Å². The molecule has 0 unspecified atom stereocenters. The van der Waals surface area contributed by atoms with Gasteiger partial charge in [0, 0.05) is 36.9 Å². The van der Waals surface area contributed by atoms with Crippen LogP contribution in [0.5, 0.6) is 0 Å². The zero-order valence-electron chi connectivity index (χ0n) is 12.3. The number of amides is 1. The number of nitrogens with one attached hydrogen (secondary N) is 1. The molecule has 3 N–H and O–H groups in total. The van der Waals surface area contributed by atoms with Crippen LogP contribution in [0, 0.1) is 5.92 Å². The summed E-state index contributed by atoms with van der Waals surface area (Å²) in [6.45, 7) is 3.49. The average Bonchev–Trinajstić information content (AvgIpc) is 3.26. The number of nitrogen functional groups attached to an aromatic ring is 1. The number of carbonyl (C=O) groups is 1. The van der Waals surface area contributed by atoms with Gasteiger partial charge in [-0.25, -0.2) is 0 Å². The standard InChI is InChI=1S/C16H23N3O.ClH/c17-14-5-3-13(4-6-14)16(20)18-15-7-9-19(10-8-15)11-12-1-2-12;/h3-6,12,15H,1-2,7-11,17H2,(H,18,20);1H. The predicted octanol–water partition coefficient (Wildman–Crippen LogP) is 2.29. The van der Waals surface area contributed by atoms with E-state index in [0.717, 1.165) is 31.8 Å². The Morgan fingerprint density at radius 2 is 1.76 bits per heavy atom. The first-order chi connectivity index (χ1) is 9.70. The van der Waals surface area contributed by atoms with Crippen LogP contribution in [0.25, 0.3) is 0 Å². The quantitative estimate of drug-likeness (QED) is 0.839. The van der Waals surface area contributed by atoms with Gasteiger partial charge < -0.3 is 16.0 Å². The number of benzene rings is 1. The molecular weight excluding hydrogens is 286 g/mol. The van der Waals surface area contributed by atoms with Crippen molar-refractivity contribution in [2.75, 3.05) is 25.4 Å². The number of nitrogens with two attached hydrogens (primary N) is 1. The molecule has 5 heteroatoms. The minimum Gasteiger partial charge on any atom is -0.399 e. The molecule has 0 radical (unpaired) electrons. The molecule has 1 amide bonds. The van der Waals surface area contributed by atoms with Gasteiger partial charge in [-0.1, -0.05) is 0 Å². The van der Waals surface area contributed by atoms with Gasteiger partial charge in [0.15, 0.2) is 0 Å². The second-order valence-corrected chi connectivity index (χ2v) is 6.11. The van der Waals surface area contributed by atoms with Gasteiger partial charge in [0.25, 0.3) is 5.91 Å². The van der Waals surface area contributed by atoms with E-state index in [1.165, 1.54) is 19.4 Å². The van der Waals surface area contributed by atoms with Gasteiger partial charge in [0.05, 0.1) is 0 Å². The number of likely N-dealkylation sites (tertiary alicyclic amines) is 1. The summed E-state index contributed by atoms with van der Waals surface area (Å²) < 4.78 is 0. The molecule has 2 fully saturated rings. The van der Waals surface area contributed by atoms with Crippen molar-refractivity contribution in [1.29, 1.82) is 0 Å². The molecule has 116 valence electrons. The van der Waals surface area contributed by atoms with Crippen molar-refractivity contribution in [2.24, 2.45) is 5.92 Å². The molecule has 0 atom stereocenters. The fourth-order valence-corrected chi connectivity index (χ4v) is 2.83. The molecular formula is C16H24ClN3O. The topological polar surface area (TPSA) is 58.4 Å². The summed E-state index contributed by atoms with van der Waals surface area (Å²) in [6, 6.07) is 7.43. The molecule has 1 saturated heterocycles. The highest BCUT2D eigenvalue weighted by Gasteiger charge is 2.27. The summed E-state index contributed by atoms with van der Waals surface area (Å²) in [4.78, 5) is 14.7. The third-order valence-corrected chi connectivity index (χ3v) is 4.31. The molecule has 1 aromatic carbocycles. The lowest BCUT2D eigenvalue weighted by molar-refractivity contribution is 0.0909. The third kappa shape index (κ3) is 4.61. The molecule has 4 nitrogen and oxygen atoms in total. The van der Waals surface area contributed by atoms with Gasteiger partial charge in [-0.15, -0.1) is 12.4 Å². The van der Waals surface area contributed by atoms with Crippen molar-refractivity contribution < 1.29 is 4.79 Å². The maximum absolute atomic E-state index is 12.1. The SMILES string of the molecule is Cl.Nc1ccc(C(=O)NC2CCN(CC3CC3)CC2)cc1. The van der Waals surface area contributed by atoms with E-state index in [-0.39, 0.29) is 18.3 Å². The number of piperidine rings is 1. The van der Waals surface area contributed by atoms with Crippen molar-refractivity contribution in [3.63, 3.8) is 0 Å². The van der Waals surface area contributed by atoms with Gasteiger partial charge in [0.2, 0.25) is 0 Å². The molecule has 1 saturated carbocycles. The Balaban J connectivity index is 0.00000161. The van der Waals surface area contributed by atoms with Gasteiger partial charge in [-0.2, -0.15) is 0 Å². The zero-order valence-corrected chi connectivity index (χ0v) is 13.1. The Bertz CT molecular complexity index is 465. The van der Waals surface area contributed by atoms with Crippen molar-refractivity contribution in [1.82, 2.24) is 10.2 Å². The van der Waals surface area contributed by atoms with Crippen molar-refractivity contribution in [3.05, 3.63) is 29.8 Å². The molecule has 21 heavy (non-hydrogen) atoms. The first-order valence-electron chi connectivity index (χ1n) is 7.59. The number of nitrogens with zero attached hydrogens (tertiary/aromatic N) is 1. The summed E-state index contributed by atoms with van der Waals surface area (Å²) >= 11 is 0. The maximum atomic E-state index is 12.1. The van der Waals surface area contributed by atoms with Crippen LogP contribution in [0.2, 0.25) is 0 Å². The van der Waals surface area contributed by atoms with Crippen LogP contribution in [0.1, 0.15) is 36.0 Å². The van der Waals surface area contributed by atoms with Crippen LogP contribution in [-0.2, 0) is 0 Å². The van der Waals surface area contributed by atoms with E-state index in [4.69, 9.17) is 5.73 Å². The minimum atomic E-state index is 0. The van der Waals surface area contributed by atoms with Crippen LogP contribution in [0.15, 0.2) is 24.3 Å². The summed E-state index contributed by atoms with van der Waals surface area (Å²) in [6.07, 6.45) is 4.95. The van der Waals surface area contributed by atoms with E-state index in [9.17, 15) is 4.79 Å². The Kier molecular flexibility index (Phi) is 5.48. The number of hydrogen-bond donors (Lipinski definition) is 2. The summed E-state index contributed by atoms with van der Waals surface area (Å²) in [5.41, 5.74) is 7.02. The van der Waals surface area contributed by atoms with Crippen LogP contribution < -0.4 is 11.1 Å². The number of hydrogen-bond acceptors (Lipinski definition) is 3. The number of carbonyl (C=O) groups excluding carboxylic acids is 1. The largest absolute Gasteiger partial charge is 0.399 e. The lowest BCUT2D eigenvalue weighted by Crippen LogP contribution is -2.45.